The van der Waals surface area contributed by atoms with Crippen molar-refractivity contribution in [3.63, 3.8) is 0 Å². The summed E-state index contributed by atoms with van der Waals surface area (Å²) in [6, 6.07) is 22.9. The quantitative estimate of drug-likeness (QED) is 0.320. The molecule has 0 saturated carbocycles. The third kappa shape index (κ3) is 5.74. The molecule has 0 bridgehead atoms. The predicted octanol–water partition coefficient (Wildman–Crippen LogP) is 5.52. The molecule has 2 amide bonds. The fourth-order valence-electron chi connectivity index (χ4n) is 3.44. The number of hydrogen-bond acceptors (Lipinski definition) is 5. The molecule has 0 radical (unpaired) electrons. The average molecular weight is 463 g/mol. The number of alkyl halides is 2. The van der Waals surface area contributed by atoms with Crippen LogP contribution in [0.2, 0.25) is 0 Å². The van der Waals surface area contributed by atoms with Gasteiger partial charge < -0.3 is 20.7 Å². The highest BCUT2D eigenvalue weighted by molar-refractivity contribution is 6.00. The number of amides is 2. The fourth-order valence-corrected chi connectivity index (χ4v) is 3.44. The first-order chi connectivity index (χ1) is 16.5. The molecule has 0 aliphatic carbocycles. The van der Waals surface area contributed by atoms with Crippen LogP contribution in [-0.4, -0.2) is 35.4 Å². The van der Waals surface area contributed by atoms with E-state index in [9.17, 15) is 13.6 Å². The number of benzene rings is 3. The lowest BCUT2D eigenvalue weighted by atomic mass is 10.0. The molecule has 0 unspecified atom stereocenters. The summed E-state index contributed by atoms with van der Waals surface area (Å²) in [7, 11) is 0. The van der Waals surface area contributed by atoms with Crippen LogP contribution in [0.3, 0.4) is 0 Å². The molecule has 9 heteroatoms. The predicted molar refractivity (Wildman–Crippen MR) is 128 cm³/mol. The number of fused-ring (bicyclic) bond motifs is 1. The van der Waals surface area contributed by atoms with Crippen LogP contribution >= 0.6 is 0 Å². The number of hydrogen-bond donors (Lipinski definition) is 3. The summed E-state index contributed by atoms with van der Waals surface area (Å²) in [6.45, 7) is -0.667. The Morgan fingerprint density at radius 3 is 2.29 bits per heavy atom. The van der Waals surface area contributed by atoms with Gasteiger partial charge in [-0.25, -0.2) is 4.79 Å². The van der Waals surface area contributed by atoms with Crippen molar-refractivity contribution in [2.75, 3.05) is 17.2 Å². The molecule has 3 N–H and O–H groups in total. The SMILES string of the molecule is C[C@@H](CNC(=O)Nc1ccc(OC(F)F)cc1)Nc1nnc(-c2ccccc2)c2ccccc12. The van der Waals surface area contributed by atoms with Crippen LogP contribution in [0.15, 0.2) is 78.9 Å². The van der Waals surface area contributed by atoms with E-state index in [-0.39, 0.29) is 11.8 Å². The van der Waals surface area contributed by atoms with Gasteiger partial charge in [0.05, 0.1) is 0 Å². The Morgan fingerprint density at radius 2 is 1.59 bits per heavy atom. The minimum absolute atomic E-state index is 0.0189. The van der Waals surface area contributed by atoms with E-state index in [4.69, 9.17) is 0 Å². The molecule has 0 spiro atoms. The Balaban J connectivity index is 1.37. The first-order valence-corrected chi connectivity index (χ1v) is 10.7. The van der Waals surface area contributed by atoms with E-state index in [0.29, 0.717) is 18.1 Å². The number of rotatable bonds is 8. The molecule has 0 aliphatic heterocycles. The molecule has 3 aromatic carbocycles. The Labute approximate surface area is 195 Å². The van der Waals surface area contributed by atoms with Gasteiger partial charge in [0.2, 0.25) is 0 Å². The summed E-state index contributed by atoms with van der Waals surface area (Å²) >= 11 is 0. The van der Waals surface area contributed by atoms with Crippen molar-refractivity contribution in [1.29, 1.82) is 0 Å². The van der Waals surface area contributed by atoms with Crippen LogP contribution < -0.4 is 20.7 Å². The smallest absolute Gasteiger partial charge is 0.387 e. The van der Waals surface area contributed by atoms with E-state index in [1.165, 1.54) is 24.3 Å². The Morgan fingerprint density at radius 1 is 0.912 bits per heavy atom. The highest BCUT2D eigenvalue weighted by Crippen LogP contribution is 2.29. The number of anilines is 2. The second kappa shape index (κ2) is 10.6. The number of ether oxygens (including phenoxy) is 1. The van der Waals surface area contributed by atoms with Gasteiger partial charge in [0, 0.05) is 34.6 Å². The first-order valence-electron chi connectivity index (χ1n) is 10.7. The maximum atomic E-state index is 12.2. The maximum absolute atomic E-state index is 12.2. The molecule has 7 nitrogen and oxygen atoms in total. The summed E-state index contributed by atoms with van der Waals surface area (Å²) in [4.78, 5) is 12.2. The number of halogens is 2. The van der Waals surface area contributed by atoms with Gasteiger partial charge in [-0.05, 0) is 31.2 Å². The minimum Gasteiger partial charge on any atom is -0.435 e. The number of nitrogens with one attached hydrogen (secondary N) is 3. The highest BCUT2D eigenvalue weighted by atomic mass is 19.3. The van der Waals surface area contributed by atoms with Crippen LogP contribution in [0.25, 0.3) is 22.0 Å². The summed E-state index contributed by atoms with van der Waals surface area (Å²) in [5, 5.41) is 19.5. The number of carbonyl (C=O) groups excluding carboxylic acids is 1. The monoisotopic (exact) mass is 463 g/mol. The number of carbonyl (C=O) groups is 1. The van der Waals surface area contributed by atoms with Gasteiger partial charge in [0.15, 0.2) is 5.82 Å². The average Bonchev–Trinajstić information content (AvgIpc) is 2.84. The molecule has 34 heavy (non-hydrogen) atoms. The molecule has 4 aromatic rings. The van der Waals surface area contributed by atoms with Crippen LogP contribution in [0.4, 0.5) is 25.1 Å². The van der Waals surface area contributed by atoms with Crippen molar-refractivity contribution in [2.45, 2.75) is 19.6 Å². The summed E-state index contributed by atoms with van der Waals surface area (Å²) in [5.41, 5.74) is 2.24. The Kier molecular flexibility index (Phi) is 7.12. The van der Waals surface area contributed by atoms with E-state index in [1.54, 1.807) is 0 Å². The van der Waals surface area contributed by atoms with Gasteiger partial charge in [-0.2, -0.15) is 8.78 Å². The summed E-state index contributed by atoms with van der Waals surface area (Å²) in [6.07, 6.45) is 0. The maximum Gasteiger partial charge on any atom is 0.387 e. The molecule has 1 aromatic heterocycles. The van der Waals surface area contributed by atoms with Gasteiger partial charge in [-0.3, -0.25) is 0 Å². The van der Waals surface area contributed by atoms with Crippen LogP contribution in [0.1, 0.15) is 6.92 Å². The van der Waals surface area contributed by atoms with Gasteiger partial charge in [0.1, 0.15) is 11.4 Å². The second-order valence-electron chi connectivity index (χ2n) is 7.59. The topological polar surface area (TPSA) is 88.2 Å². The molecule has 4 rings (SSSR count). The largest absolute Gasteiger partial charge is 0.435 e. The van der Waals surface area contributed by atoms with E-state index in [0.717, 1.165) is 22.0 Å². The molecule has 0 saturated heterocycles. The number of urea groups is 1. The van der Waals surface area contributed by atoms with Crippen molar-refractivity contribution >= 4 is 28.3 Å². The fraction of sp³-hybridized carbons (Fsp3) is 0.160. The number of aromatic nitrogens is 2. The van der Waals surface area contributed by atoms with Crippen molar-refractivity contribution in [1.82, 2.24) is 15.5 Å². The van der Waals surface area contributed by atoms with Gasteiger partial charge in [0.25, 0.3) is 0 Å². The van der Waals surface area contributed by atoms with Crippen molar-refractivity contribution in [3.8, 4) is 17.0 Å². The van der Waals surface area contributed by atoms with Gasteiger partial charge in [-0.1, -0.05) is 54.6 Å². The third-order valence-corrected chi connectivity index (χ3v) is 5.02. The highest BCUT2D eigenvalue weighted by Gasteiger charge is 2.13. The summed E-state index contributed by atoms with van der Waals surface area (Å²) < 4.78 is 28.8. The molecule has 1 heterocycles. The lowest BCUT2D eigenvalue weighted by Crippen LogP contribution is -2.37. The second-order valence-corrected chi connectivity index (χ2v) is 7.59. The molecule has 0 fully saturated rings. The molecule has 0 aliphatic rings. The Bertz CT molecular complexity index is 1250. The lowest BCUT2D eigenvalue weighted by Gasteiger charge is -2.17. The molecule has 1 atom stereocenters. The molecular weight excluding hydrogens is 440 g/mol. The lowest BCUT2D eigenvalue weighted by molar-refractivity contribution is -0.0498. The van der Waals surface area contributed by atoms with Crippen molar-refractivity contribution < 1.29 is 18.3 Å². The standard InChI is InChI=1S/C25H23F2N5O2/c1-16(15-28-25(33)30-18-11-13-19(14-12-18)34-24(26)27)29-23-21-10-6-5-9-20(21)22(31-32-23)17-7-3-2-4-8-17/h2-14,16,24H,15H2,1H3,(H,29,32)(H2,28,30,33)/t16-/m0/s1. The zero-order valence-electron chi connectivity index (χ0n) is 18.3. The molecular formula is C25H23F2N5O2. The zero-order chi connectivity index (χ0) is 23.9. The van der Waals surface area contributed by atoms with Crippen molar-refractivity contribution in [3.05, 3.63) is 78.9 Å². The summed E-state index contributed by atoms with van der Waals surface area (Å²) in [5.74, 6) is 0.644. The Hall–Kier alpha value is -4.27. The van der Waals surface area contributed by atoms with E-state index >= 15 is 0 Å². The number of nitrogens with zero attached hydrogens (tertiary/aromatic N) is 2. The van der Waals surface area contributed by atoms with Crippen molar-refractivity contribution in [2.24, 2.45) is 0 Å². The molecule has 174 valence electrons. The first kappa shape index (κ1) is 22.9. The minimum atomic E-state index is -2.90. The van der Waals surface area contributed by atoms with E-state index < -0.39 is 12.6 Å². The zero-order valence-corrected chi connectivity index (χ0v) is 18.3. The third-order valence-electron chi connectivity index (χ3n) is 5.02. The van der Waals surface area contributed by atoms with Crippen LogP contribution in [0.5, 0.6) is 5.75 Å². The van der Waals surface area contributed by atoms with Gasteiger partial charge >= 0.3 is 12.6 Å². The van der Waals surface area contributed by atoms with E-state index in [2.05, 4.69) is 30.9 Å². The van der Waals surface area contributed by atoms with Gasteiger partial charge in [-0.15, -0.1) is 10.2 Å². The van der Waals surface area contributed by atoms with E-state index in [1.807, 2.05) is 61.5 Å². The van der Waals surface area contributed by atoms with Crippen LogP contribution in [0, 0.1) is 0 Å². The normalized spacial score (nSPS) is 11.8. The van der Waals surface area contributed by atoms with Crippen LogP contribution in [-0.2, 0) is 0 Å².